The number of hydrogen-bond acceptors (Lipinski definition) is 4. The van der Waals surface area contributed by atoms with Gasteiger partial charge in [0, 0.05) is 12.5 Å². The average molecular weight is 414 g/mol. The number of aliphatic imine (C=N–C) groups is 1. The molecule has 0 saturated carbocycles. The molecule has 0 unspecified atom stereocenters. The lowest BCUT2D eigenvalue weighted by Gasteiger charge is -2.29. The van der Waals surface area contributed by atoms with Crippen molar-refractivity contribution in [2.24, 2.45) is 10.7 Å². The first-order valence-corrected chi connectivity index (χ1v) is 8.31. The lowest BCUT2D eigenvalue weighted by molar-refractivity contribution is -0.135. The van der Waals surface area contributed by atoms with Crippen LogP contribution in [0.4, 0.5) is 18.9 Å². The van der Waals surface area contributed by atoms with E-state index in [1.165, 1.54) is 5.56 Å². The third kappa shape index (κ3) is 5.41. The highest BCUT2D eigenvalue weighted by Gasteiger charge is 2.28. The Morgan fingerprint density at radius 3 is 2.73 bits per heavy atom. The molecule has 2 aliphatic rings. The molecule has 1 aromatic carbocycles. The minimum Gasteiger partial charge on any atom is -0.481 e. The van der Waals surface area contributed by atoms with Gasteiger partial charge in [-0.25, -0.2) is 4.99 Å². The Kier molecular flexibility index (Phi) is 8.04. The minimum atomic E-state index is -4.09. The molecule has 1 heterocycles. The predicted molar refractivity (Wildman–Crippen MR) is 101 cm³/mol. The van der Waals surface area contributed by atoms with Crippen molar-refractivity contribution in [2.45, 2.75) is 57.3 Å². The van der Waals surface area contributed by atoms with Gasteiger partial charge in [0.05, 0.1) is 0 Å². The molecule has 148 valence electrons. The van der Waals surface area contributed by atoms with Gasteiger partial charge < -0.3 is 15.8 Å². The van der Waals surface area contributed by atoms with Crippen molar-refractivity contribution < 1.29 is 17.9 Å². The Morgan fingerprint density at radius 1 is 1.31 bits per heavy atom. The molecule has 3 N–H and O–H groups in total. The van der Waals surface area contributed by atoms with Crippen molar-refractivity contribution in [3.63, 3.8) is 0 Å². The Hall–Kier alpha value is -1.18. The van der Waals surface area contributed by atoms with E-state index in [1.807, 2.05) is 19.1 Å². The standard InChI is InChI=1S/C17H22F3N3O.2ClH/c1-10-16(21)23-14-9-12-11(8-15(14)24-10)4-2-5-13(12)22-7-3-6-17(18,19)20;;/h8-10,13,22H,2-7H2,1H3,(H2,21,23);2*1H/t10-,13+;;/m1../s1. The molecule has 1 aliphatic carbocycles. The first kappa shape index (κ1) is 22.9. The second-order valence-corrected chi connectivity index (χ2v) is 6.43. The maximum atomic E-state index is 12.2. The Balaban J connectivity index is 0.00000169. The molecule has 0 radical (unpaired) electrons. The van der Waals surface area contributed by atoms with Crippen LogP contribution in [0.1, 0.15) is 49.8 Å². The second kappa shape index (κ2) is 9.15. The summed E-state index contributed by atoms with van der Waals surface area (Å²) in [5, 5.41) is 3.26. The number of benzene rings is 1. The van der Waals surface area contributed by atoms with Gasteiger partial charge >= 0.3 is 6.18 Å². The zero-order chi connectivity index (χ0) is 17.3. The summed E-state index contributed by atoms with van der Waals surface area (Å²) in [7, 11) is 0. The van der Waals surface area contributed by atoms with Gasteiger partial charge in [0.1, 0.15) is 17.3 Å². The fourth-order valence-electron chi connectivity index (χ4n) is 3.26. The maximum absolute atomic E-state index is 12.2. The van der Waals surface area contributed by atoms with Crippen molar-refractivity contribution >= 4 is 36.3 Å². The van der Waals surface area contributed by atoms with E-state index < -0.39 is 12.6 Å². The topological polar surface area (TPSA) is 59.6 Å². The predicted octanol–water partition coefficient (Wildman–Crippen LogP) is 4.61. The number of ether oxygens (including phenoxy) is 1. The van der Waals surface area contributed by atoms with Crippen LogP contribution < -0.4 is 15.8 Å². The summed E-state index contributed by atoms with van der Waals surface area (Å²) in [6.07, 6.45) is -2.14. The van der Waals surface area contributed by atoms with Gasteiger partial charge in [-0.3, -0.25) is 0 Å². The Morgan fingerprint density at radius 2 is 2.04 bits per heavy atom. The molecular weight excluding hydrogens is 390 g/mol. The first-order valence-electron chi connectivity index (χ1n) is 8.31. The molecule has 3 rings (SSSR count). The van der Waals surface area contributed by atoms with Crippen molar-refractivity contribution in [1.29, 1.82) is 0 Å². The molecule has 0 aromatic heterocycles. The zero-order valence-electron chi connectivity index (χ0n) is 14.4. The van der Waals surface area contributed by atoms with Crippen molar-refractivity contribution in [3.8, 4) is 5.75 Å². The first-order chi connectivity index (χ1) is 11.3. The molecular formula is C17H24Cl2F3N3O. The van der Waals surface area contributed by atoms with E-state index in [0.717, 1.165) is 30.6 Å². The number of amidine groups is 1. The third-order valence-electron chi connectivity index (χ3n) is 4.53. The summed E-state index contributed by atoms with van der Waals surface area (Å²) in [6.45, 7) is 2.20. The van der Waals surface area contributed by atoms with Crippen LogP contribution in [0.5, 0.6) is 5.75 Å². The molecule has 0 saturated heterocycles. The average Bonchev–Trinajstić information content (AvgIpc) is 2.50. The van der Waals surface area contributed by atoms with E-state index in [0.29, 0.717) is 18.1 Å². The highest BCUT2D eigenvalue weighted by atomic mass is 35.5. The van der Waals surface area contributed by atoms with Crippen molar-refractivity contribution in [3.05, 3.63) is 23.3 Å². The summed E-state index contributed by atoms with van der Waals surface area (Å²) in [5.74, 6) is 1.17. The smallest absolute Gasteiger partial charge is 0.389 e. The summed E-state index contributed by atoms with van der Waals surface area (Å²) in [6, 6.07) is 4.02. The number of nitrogens with one attached hydrogen (secondary N) is 1. The van der Waals surface area contributed by atoms with E-state index in [9.17, 15) is 13.2 Å². The lowest BCUT2D eigenvalue weighted by atomic mass is 9.86. The normalized spacial score (nSPS) is 21.3. The number of rotatable bonds is 4. The van der Waals surface area contributed by atoms with Gasteiger partial charge in [-0.15, -0.1) is 24.8 Å². The number of fused-ring (bicyclic) bond motifs is 2. The summed E-state index contributed by atoms with van der Waals surface area (Å²) < 4.78 is 42.5. The second-order valence-electron chi connectivity index (χ2n) is 6.43. The van der Waals surface area contributed by atoms with Crippen LogP contribution in [0, 0.1) is 0 Å². The third-order valence-corrected chi connectivity index (χ3v) is 4.53. The molecule has 9 heteroatoms. The molecule has 4 nitrogen and oxygen atoms in total. The van der Waals surface area contributed by atoms with Crippen LogP contribution in [0.25, 0.3) is 0 Å². The Bertz CT molecular complexity index is 653. The van der Waals surface area contributed by atoms with Crippen molar-refractivity contribution in [1.82, 2.24) is 5.32 Å². The van der Waals surface area contributed by atoms with Gasteiger partial charge in [0.25, 0.3) is 0 Å². The molecule has 0 bridgehead atoms. The van der Waals surface area contributed by atoms with E-state index in [2.05, 4.69) is 10.3 Å². The summed E-state index contributed by atoms with van der Waals surface area (Å²) >= 11 is 0. The van der Waals surface area contributed by atoms with Crippen LogP contribution in [-0.2, 0) is 6.42 Å². The van der Waals surface area contributed by atoms with Gasteiger partial charge in [0.15, 0.2) is 6.10 Å². The van der Waals surface area contributed by atoms with Crippen LogP contribution in [0.3, 0.4) is 0 Å². The zero-order valence-corrected chi connectivity index (χ0v) is 16.1. The molecule has 0 fully saturated rings. The molecule has 1 aromatic rings. The lowest BCUT2D eigenvalue weighted by Crippen LogP contribution is -2.33. The van der Waals surface area contributed by atoms with Gasteiger partial charge in [-0.2, -0.15) is 13.2 Å². The van der Waals surface area contributed by atoms with E-state index >= 15 is 0 Å². The number of alkyl halides is 3. The molecule has 2 atom stereocenters. The largest absolute Gasteiger partial charge is 0.481 e. The fourth-order valence-corrected chi connectivity index (χ4v) is 3.26. The Labute approximate surface area is 163 Å². The van der Waals surface area contributed by atoms with Gasteiger partial charge in [-0.05, 0) is 62.4 Å². The summed E-state index contributed by atoms with van der Waals surface area (Å²) in [4.78, 5) is 4.39. The van der Waals surface area contributed by atoms with E-state index in [4.69, 9.17) is 10.5 Å². The molecule has 26 heavy (non-hydrogen) atoms. The minimum absolute atomic E-state index is 0. The van der Waals surface area contributed by atoms with Crippen LogP contribution >= 0.6 is 24.8 Å². The monoisotopic (exact) mass is 413 g/mol. The highest BCUT2D eigenvalue weighted by molar-refractivity contribution is 5.90. The van der Waals surface area contributed by atoms with E-state index in [-0.39, 0.29) is 43.4 Å². The fraction of sp³-hybridized carbons (Fsp3) is 0.588. The number of nitrogens with zero attached hydrogens (tertiary/aromatic N) is 1. The van der Waals surface area contributed by atoms with Crippen LogP contribution in [-0.4, -0.2) is 24.7 Å². The maximum Gasteiger partial charge on any atom is 0.389 e. The quantitative estimate of drug-likeness (QED) is 0.708. The van der Waals surface area contributed by atoms with Crippen molar-refractivity contribution in [2.75, 3.05) is 6.54 Å². The SMILES string of the molecule is C[C@H]1Oc2cc3c(cc2N=C1N)[C@@H](NCCCC(F)(F)F)CCC3.Cl.Cl. The summed E-state index contributed by atoms with van der Waals surface area (Å²) in [5.41, 5.74) is 8.82. The number of hydrogen-bond donors (Lipinski definition) is 2. The number of nitrogens with two attached hydrogens (primary N) is 1. The van der Waals surface area contributed by atoms with Gasteiger partial charge in [-0.1, -0.05) is 0 Å². The van der Waals surface area contributed by atoms with Crippen LogP contribution in [0.2, 0.25) is 0 Å². The number of halogens is 5. The van der Waals surface area contributed by atoms with E-state index in [1.54, 1.807) is 0 Å². The highest BCUT2D eigenvalue weighted by Crippen LogP contribution is 2.40. The van der Waals surface area contributed by atoms with Gasteiger partial charge in [0.2, 0.25) is 0 Å². The molecule has 0 amide bonds. The molecule has 1 aliphatic heterocycles. The van der Waals surface area contributed by atoms with Crippen LogP contribution in [0.15, 0.2) is 17.1 Å². The number of aryl methyl sites for hydroxylation is 1. The molecule has 0 spiro atoms.